The first kappa shape index (κ1) is 15.3. The van der Waals surface area contributed by atoms with Gasteiger partial charge >= 0.3 is 0 Å². The van der Waals surface area contributed by atoms with Crippen LogP contribution < -0.4 is 4.90 Å². The average Bonchev–Trinajstić information content (AvgIpc) is 2.46. The molecule has 1 saturated heterocycles. The van der Waals surface area contributed by atoms with Gasteiger partial charge in [0, 0.05) is 44.5 Å². The van der Waals surface area contributed by atoms with Crippen LogP contribution in [0, 0.1) is 5.92 Å². The van der Waals surface area contributed by atoms with E-state index in [1.165, 1.54) is 0 Å². The Balaban J connectivity index is 2.19. The number of halogens is 1. The third-order valence-corrected chi connectivity index (χ3v) is 4.08. The van der Waals surface area contributed by atoms with Gasteiger partial charge in [-0.1, -0.05) is 0 Å². The van der Waals surface area contributed by atoms with E-state index in [0.717, 1.165) is 17.3 Å². The van der Waals surface area contributed by atoms with Crippen molar-refractivity contribution in [3.8, 4) is 0 Å². The smallest absolute Gasteiger partial charge is 0.257 e. The first-order chi connectivity index (χ1) is 9.52. The number of aliphatic hydroxyl groups excluding tert-OH is 1. The monoisotopic (exact) mass is 341 g/mol. The number of carbonyl (C=O) groups is 1. The molecular formula is C14H20BrN3O2. The number of hydrogen-bond donors (Lipinski definition) is 1. The quantitative estimate of drug-likeness (QED) is 0.909. The molecule has 0 aliphatic carbocycles. The fraction of sp³-hybridized carbons (Fsp3) is 0.571. The van der Waals surface area contributed by atoms with Gasteiger partial charge in [-0.3, -0.25) is 4.79 Å². The van der Waals surface area contributed by atoms with Crippen LogP contribution in [0.3, 0.4) is 0 Å². The van der Waals surface area contributed by atoms with Gasteiger partial charge in [-0.15, -0.1) is 0 Å². The van der Waals surface area contributed by atoms with Crippen LogP contribution >= 0.6 is 15.9 Å². The normalized spacial score (nSPS) is 16.3. The van der Waals surface area contributed by atoms with Crippen molar-refractivity contribution in [3.63, 3.8) is 0 Å². The number of amides is 1. The Bertz CT molecular complexity index is 485. The zero-order chi connectivity index (χ0) is 14.7. The maximum atomic E-state index is 12.6. The molecule has 1 aromatic rings. The number of aromatic nitrogens is 1. The molecule has 2 rings (SSSR count). The molecule has 0 atom stereocenters. The number of aliphatic hydroxyl groups is 1. The topological polar surface area (TPSA) is 56.7 Å². The van der Waals surface area contributed by atoms with Gasteiger partial charge in [-0.25, -0.2) is 4.98 Å². The fourth-order valence-electron chi connectivity index (χ4n) is 2.43. The highest BCUT2D eigenvalue weighted by molar-refractivity contribution is 9.10. The molecule has 6 heteroatoms. The molecule has 1 N–H and O–H groups in total. The number of hydrogen-bond acceptors (Lipinski definition) is 4. The highest BCUT2D eigenvalue weighted by Crippen LogP contribution is 2.24. The lowest BCUT2D eigenvalue weighted by Crippen LogP contribution is -2.39. The minimum atomic E-state index is 0.0129. The third-order valence-electron chi connectivity index (χ3n) is 3.65. The molecule has 2 heterocycles. The second-order valence-electron chi connectivity index (χ2n) is 5.34. The standard InChI is InChI=1S/C14H20BrN3O2/c1-17(2)13-12(7-11(15)8-16-13)14(20)18-5-3-10(9-19)4-6-18/h7-8,10,19H,3-6,9H2,1-2H3. The Morgan fingerprint density at radius 3 is 2.70 bits per heavy atom. The summed E-state index contributed by atoms with van der Waals surface area (Å²) in [4.78, 5) is 20.7. The lowest BCUT2D eigenvalue weighted by Gasteiger charge is -2.32. The fourth-order valence-corrected chi connectivity index (χ4v) is 2.77. The molecule has 1 aliphatic rings. The van der Waals surface area contributed by atoms with Crippen molar-refractivity contribution in [2.24, 2.45) is 5.92 Å². The van der Waals surface area contributed by atoms with Crippen molar-refractivity contribution in [3.05, 3.63) is 22.3 Å². The lowest BCUT2D eigenvalue weighted by molar-refractivity contribution is 0.0651. The molecular weight excluding hydrogens is 322 g/mol. The summed E-state index contributed by atoms with van der Waals surface area (Å²) >= 11 is 3.37. The molecule has 1 aliphatic heterocycles. The van der Waals surface area contributed by atoms with Crippen molar-refractivity contribution in [1.29, 1.82) is 0 Å². The molecule has 0 spiro atoms. The molecule has 20 heavy (non-hydrogen) atoms. The van der Waals surface area contributed by atoms with Crippen LogP contribution in [0.2, 0.25) is 0 Å². The molecule has 0 radical (unpaired) electrons. The van der Waals surface area contributed by atoms with E-state index in [0.29, 0.717) is 30.4 Å². The van der Waals surface area contributed by atoms with E-state index in [-0.39, 0.29) is 12.5 Å². The minimum absolute atomic E-state index is 0.0129. The Morgan fingerprint density at radius 1 is 1.50 bits per heavy atom. The van der Waals surface area contributed by atoms with Crippen LogP contribution in [0.25, 0.3) is 0 Å². The van der Waals surface area contributed by atoms with E-state index in [4.69, 9.17) is 5.11 Å². The molecule has 1 aromatic heterocycles. The summed E-state index contributed by atoms with van der Waals surface area (Å²) in [6.45, 7) is 1.61. The Morgan fingerprint density at radius 2 is 2.15 bits per heavy atom. The minimum Gasteiger partial charge on any atom is -0.396 e. The van der Waals surface area contributed by atoms with Gasteiger partial charge in [-0.05, 0) is 40.8 Å². The van der Waals surface area contributed by atoms with Gasteiger partial charge in [0.15, 0.2) is 0 Å². The highest BCUT2D eigenvalue weighted by atomic mass is 79.9. The SMILES string of the molecule is CN(C)c1ncc(Br)cc1C(=O)N1CCC(CO)CC1. The molecule has 0 bridgehead atoms. The molecule has 0 saturated carbocycles. The van der Waals surface area contributed by atoms with Crippen molar-refractivity contribution < 1.29 is 9.90 Å². The van der Waals surface area contributed by atoms with Gasteiger partial charge in [0.2, 0.25) is 0 Å². The van der Waals surface area contributed by atoms with E-state index in [9.17, 15) is 4.79 Å². The molecule has 0 unspecified atom stereocenters. The van der Waals surface area contributed by atoms with Crippen LogP contribution in [0.15, 0.2) is 16.7 Å². The number of pyridine rings is 1. The average molecular weight is 342 g/mol. The lowest BCUT2D eigenvalue weighted by atomic mass is 9.97. The maximum absolute atomic E-state index is 12.6. The van der Waals surface area contributed by atoms with E-state index in [1.54, 1.807) is 6.20 Å². The largest absolute Gasteiger partial charge is 0.396 e. The van der Waals surface area contributed by atoms with Crippen LogP contribution in [0.5, 0.6) is 0 Å². The van der Waals surface area contributed by atoms with Crippen molar-refractivity contribution in [2.45, 2.75) is 12.8 Å². The predicted molar refractivity (Wildman–Crippen MR) is 82.0 cm³/mol. The van der Waals surface area contributed by atoms with Crippen LogP contribution in [0.4, 0.5) is 5.82 Å². The van der Waals surface area contributed by atoms with E-state index in [2.05, 4.69) is 20.9 Å². The van der Waals surface area contributed by atoms with E-state index in [1.807, 2.05) is 30.0 Å². The predicted octanol–water partition coefficient (Wildman–Crippen LogP) is 1.75. The number of carbonyl (C=O) groups excluding carboxylic acids is 1. The zero-order valence-corrected chi connectivity index (χ0v) is 13.4. The molecule has 5 nitrogen and oxygen atoms in total. The summed E-state index contributed by atoms with van der Waals surface area (Å²) < 4.78 is 0.802. The first-order valence-corrected chi connectivity index (χ1v) is 7.55. The molecule has 110 valence electrons. The van der Waals surface area contributed by atoms with Crippen molar-refractivity contribution in [1.82, 2.24) is 9.88 Å². The van der Waals surface area contributed by atoms with Gasteiger partial charge in [0.1, 0.15) is 5.82 Å². The number of rotatable bonds is 3. The third kappa shape index (κ3) is 3.30. The summed E-state index contributed by atoms with van der Waals surface area (Å²) in [5.74, 6) is 1.02. The van der Waals surface area contributed by atoms with Crippen LogP contribution in [-0.2, 0) is 0 Å². The van der Waals surface area contributed by atoms with Gasteiger partial charge in [0.05, 0.1) is 5.56 Å². The Labute approximate surface area is 127 Å². The summed E-state index contributed by atoms with van der Waals surface area (Å²) in [5.41, 5.74) is 0.617. The highest BCUT2D eigenvalue weighted by Gasteiger charge is 2.25. The molecule has 0 aromatic carbocycles. The van der Waals surface area contributed by atoms with Gasteiger partial charge < -0.3 is 14.9 Å². The summed E-state index contributed by atoms with van der Waals surface area (Å²) in [7, 11) is 3.76. The van der Waals surface area contributed by atoms with Crippen molar-refractivity contribution >= 4 is 27.7 Å². The van der Waals surface area contributed by atoms with Crippen LogP contribution in [0.1, 0.15) is 23.2 Å². The van der Waals surface area contributed by atoms with Gasteiger partial charge in [-0.2, -0.15) is 0 Å². The van der Waals surface area contributed by atoms with E-state index < -0.39 is 0 Å². The Kier molecular flexibility index (Phi) is 4.99. The first-order valence-electron chi connectivity index (χ1n) is 6.76. The molecule has 1 amide bonds. The number of nitrogens with zero attached hydrogens (tertiary/aromatic N) is 3. The van der Waals surface area contributed by atoms with Crippen LogP contribution in [-0.4, -0.2) is 54.7 Å². The van der Waals surface area contributed by atoms with Crippen molar-refractivity contribution in [2.75, 3.05) is 38.7 Å². The Hall–Kier alpha value is -1.14. The number of piperidine rings is 1. The van der Waals surface area contributed by atoms with Gasteiger partial charge in [0.25, 0.3) is 5.91 Å². The second-order valence-corrected chi connectivity index (χ2v) is 6.25. The summed E-state index contributed by atoms with van der Waals surface area (Å²) in [5, 5.41) is 9.16. The number of anilines is 1. The maximum Gasteiger partial charge on any atom is 0.257 e. The number of likely N-dealkylation sites (tertiary alicyclic amines) is 1. The molecule has 1 fully saturated rings. The summed E-state index contributed by atoms with van der Waals surface area (Å²) in [6.07, 6.45) is 3.42. The second kappa shape index (κ2) is 6.54. The summed E-state index contributed by atoms with van der Waals surface area (Å²) in [6, 6.07) is 1.82. The zero-order valence-electron chi connectivity index (χ0n) is 11.8. The van der Waals surface area contributed by atoms with E-state index >= 15 is 0 Å².